The largest absolute Gasteiger partial charge is 0.490 e. The van der Waals surface area contributed by atoms with Crippen molar-refractivity contribution in [2.75, 3.05) is 6.54 Å². The van der Waals surface area contributed by atoms with Gasteiger partial charge in [0.05, 0.1) is 12.6 Å². The van der Waals surface area contributed by atoms with E-state index in [1.807, 2.05) is 0 Å². The van der Waals surface area contributed by atoms with Crippen LogP contribution >= 0.6 is 0 Å². The molecule has 0 amide bonds. The number of halogens is 5. The SMILES string of the molecule is C[C@@H]1C[C@H]2[C@@H]3C[C@H](F)C4=CC(=O)C=C[C@]4(C)[C@@]3(F)[C@@H](O)C[C@]2(C)[C@@]1(O)C(=O)CN.O=C(O)C(F)(F)F. The lowest BCUT2D eigenvalue weighted by Crippen LogP contribution is -2.70. The molecule has 12 heteroatoms. The Morgan fingerprint density at radius 3 is 2.25 bits per heavy atom. The van der Waals surface area contributed by atoms with Gasteiger partial charge in [-0.15, -0.1) is 0 Å². The molecule has 202 valence electrons. The molecule has 4 rings (SSSR count). The molecule has 0 aromatic rings. The second-order valence-corrected chi connectivity index (χ2v) is 10.7. The van der Waals surface area contributed by atoms with Gasteiger partial charge in [-0.2, -0.15) is 13.2 Å². The number of carboxylic acids is 1. The van der Waals surface area contributed by atoms with E-state index in [1.54, 1.807) is 13.8 Å². The summed E-state index contributed by atoms with van der Waals surface area (Å²) in [7, 11) is 0. The summed E-state index contributed by atoms with van der Waals surface area (Å²) in [5.74, 6) is -5.59. The fraction of sp³-hybridized carbons (Fsp3) is 0.708. The summed E-state index contributed by atoms with van der Waals surface area (Å²) in [6, 6.07) is 0. The van der Waals surface area contributed by atoms with Crippen LogP contribution in [0.25, 0.3) is 0 Å². The van der Waals surface area contributed by atoms with Crippen molar-refractivity contribution in [1.29, 1.82) is 0 Å². The summed E-state index contributed by atoms with van der Waals surface area (Å²) in [5.41, 5.74) is -0.966. The molecule has 0 aromatic carbocycles. The lowest BCUT2D eigenvalue weighted by molar-refractivity contribution is -0.222. The highest BCUT2D eigenvalue weighted by Gasteiger charge is 2.76. The monoisotopic (exact) mass is 523 g/mol. The Balaban J connectivity index is 0.000000454. The van der Waals surface area contributed by atoms with Gasteiger partial charge in [-0.1, -0.05) is 19.9 Å². The summed E-state index contributed by atoms with van der Waals surface area (Å²) in [5, 5.41) is 29.7. The number of carbonyl (C=O) groups excluding carboxylic acids is 2. The summed E-state index contributed by atoms with van der Waals surface area (Å²) < 4.78 is 63.9. The summed E-state index contributed by atoms with van der Waals surface area (Å²) in [6.07, 6.45) is -4.40. The van der Waals surface area contributed by atoms with Crippen molar-refractivity contribution in [3.05, 3.63) is 23.8 Å². The van der Waals surface area contributed by atoms with Crippen molar-refractivity contribution in [2.45, 2.75) is 69.8 Å². The molecular weight excluding hydrogens is 493 g/mol. The number of alkyl halides is 5. The van der Waals surface area contributed by atoms with E-state index in [0.29, 0.717) is 6.42 Å². The van der Waals surface area contributed by atoms with Crippen LogP contribution in [-0.2, 0) is 14.4 Å². The van der Waals surface area contributed by atoms with Crippen LogP contribution in [0.1, 0.15) is 40.0 Å². The Kier molecular flexibility index (Phi) is 6.86. The van der Waals surface area contributed by atoms with Crippen LogP contribution in [0.15, 0.2) is 23.8 Å². The van der Waals surface area contributed by atoms with Crippen molar-refractivity contribution in [1.82, 2.24) is 0 Å². The Bertz CT molecular complexity index is 1030. The maximum atomic E-state index is 16.9. The second kappa shape index (κ2) is 8.70. The number of hydrogen-bond acceptors (Lipinski definition) is 6. The number of carbonyl (C=O) groups is 3. The number of aliphatic hydroxyl groups excluding tert-OH is 1. The standard InChI is InChI=1S/C22H29F2NO4.C2HF3O2/c1-11-6-13-14-8-16(23)15-7-12(26)4-5-19(15,2)21(14,24)17(27)9-20(13,3)22(11,29)18(28)10-25;3-2(4,5)1(6)7/h4-5,7,11,13-14,16-17,27,29H,6,8-10,25H2,1-3H3;(H,6,7)/t11-,13+,14+,16+,17+,19+,20+,21+,22+;/m1./s1. The van der Waals surface area contributed by atoms with Crippen molar-refractivity contribution < 1.29 is 51.7 Å². The van der Waals surface area contributed by atoms with E-state index in [2.05, 4.69) is 0 Å². The maximum Gasteiger partial charge on any atom is 0.490 e. The van der Waals surface area contributed by atoms with Crippen molar-refractivity contribution in [2.24, 2.45) is 34.3 Å². The predicted molar refractivity (Wildman–Crippen MR) is 116 cm³/mol. The Labute approximate surface area is 204 Å². The van der Waals surface area contributed by atoms with E-state index in [0.717, 1.165) is 6.08 Å². The van der Waals surface area contributed by atoms with E-state index < -0.39 is 75.8 Å². The quantitative estimate of drug-likeness (QED) is 0.408. The van der Waals surface area contributed by atoms with E-state index in [4.69, 9.17) is 15.6 Å². The number of allylic oxidation sites excluding steroid dienone is 4. The van der Waals surface area contributed by atoms with Crippen LogP contribution in [0.4, 0.5) is 22.0 Å². The molecule has 0 aliphatic heterocycles. The molecule has 9 atom stereocenters. The number of aliphatic hydroxyl groups is 2. The summed E-state index contributed by atoms with van der Waals surface area (Å²) >= 11 is 0. The van der Waals surface area contributed by atoms with E-state index in [1.165, 1.54) is 19.1 Å². The number of hydrogen-bond donors (Lipinski definition) is 4. The third kappa shape index (κ3) is 3.66. The molecule has 3 saturated carbocycles. The first kappa shape index (κ1) is 28.4. The molecule has 7 nitrogen and oxygen atoms in total. The third-order valence-corrected chi connectivity index (χ3v) is 9.06. The van der Waals surface area contributed by atoms with Crippen LogP contribution in [0.2, 0.25) is 0 Å². The van der Waals surface area contributed by atoms with Gasteiger partial charge < -0.3 is 21.1 Å². The molecule has 0 bridgehead atoms. The number of fused-ring (bicyclic) bond motifs is 5. The highest BCUT2D eigenvalue weighted by atomic mass is 19.4. The molecular formula is C24H30F5NO6. The zero-order chi connectivity index (χ0) is 27.6. The molecule has 0 saturated heterocycles. The van der Waals surface area contributed by atoms with Gasteiger partial charge in [0.25, 0.3) is 0 Å². The maximum absolute atomic E-state index is 16.9. The molecule has 0 heterocycles. The van der Waals surface area contributed by atoms with Gasteiger partial charge in [0, 0.05) is 16.7 Å². The minimum absolute atomic E-state index is 0.0609. The first-order valence-corrected chi connectivity index (χ1v) is 11.5. The fourth-order valence-corrected chi connectivity index (χ4v) is 7.29. The molecule has 5 N–H and O–H groups in total. The van der Waals surface area contributed by atoms with Gasteiger partial charge >= 0.3 is 12.1 Å². The van der Waals surface area contributed by atoms with E-state index >= 15 is 8.78 Å². The fourth-order valence-electron chi connectivity index (χ4n) is 7.29. The van der Waals surface area contributed by atoms with Gasteiger partial charge in [0.1, 0.15) is 11.8 Å². The van der Waals surface area contributed by atoms with Crippen LogP contribution in [0.3, 0.4) is 0 Å². The number of rotatable bonds is 2. The number of ketones is 2. The third-order valence-electron chi connectivity index (χ3n) is 9.06. The van der Waals surface area contributed by atoms with E-state index in [-0.39, 0.29) is 25.0 Å². The van der Waals surface area contributed by atoms with Crippen LogP contribution in [0.5, 0.6) is 0 Å². The van der Waals surface area contributed by atoms with Crippen molar-refractivity contribution in [3.63, 3.8) is 0 Å². The molecule has 4 aliphatic carbocycles. The minimum atomic E-state index is -5.08. The first-order chi connectivity index (χ1) is 16.3. The van der Waals surface area contributed by atoms with E-state index in [9.17, 15) is 33.0 Å². The molecule has 0 radical (unpaired) electrons. The highest BCUT2D eigenvalue weighted by molar-refractivity contribution is 6.01. The van der Waals surface area contributed by atoms with Crippen LogP contribution < -0.4 is 5.73 Å². The van der Waals surface area contributed by atoms with Crippen molar-refractivity contribution >= 4 is 17.5 Å². The molecule has 0 unspecified atom stereocenters. The zero-order valence-corrected chi connectivity index (χ0v) is 20.0. The molecule has 36 heavy (non-hydrogen) atoms. The second-order valence-electron chi connectivity index (χ2n) is 10.7. The van der Waals surface area contributed by atoms with Gasteiger partial charge in [-0.25, -0.2) is 13.6 Å². The highest BCUT2D eigenvalue weighted by Crippen LogP contribution is 2.70. The first-order valence-electron chi connectivity index (χ1n) is 11.5. The Morgan fingerprint density at radius 2 is 1.75 bits per heavy atom. The van der Waals surface area contributed by atoms with Crippen LogP contribution in [0, 0.1) is 28.6 Å². The van der Waals surface area contributed by atoms with Crippen molar-refractivity contribution in [3.8, 4) is 0 Å². The van der Waals surface area contributed by atoms with Crippen LogP contribution in [-0.4, -0.2) is 69.1 Å². The topological polar surface area (TPSA) is 138 Å². The Hall–Kier alpha value is -2.18. The smallest absolute Gasteiger partial charge is 0.475 e. The number of aliphatic carboxylic acids is 1. The average molecular weight is 523 g/mol. The zero-order valence-electron chi connectivity index (χ0n) is 20.0. The van der Waals surface area contributed by atoms with Gasteiger partial charge in [0.2, 0.25) is 0 Å². The van der Waals surface area contributed by atoms with Gasteiger partial charge in [-0.05, 0) is 55.7 Å². The lowest BCUT2D eigenvalue weighted by atomic mass is 9.44. The number of nitrogens with two attached hydrogens (primary N) is 1. The Morgan fingerprint density at radius 1 is 1.19 bits per heavy atom. The normalized spacial score (nSPS) is 45.5. The minimum Gasteiger partial charge on any atom is -0.475 e. The lowest BCUT2D eigenvalue weighted by Gasteiger charge is -2.63. The summed E-state index contributed by atoms with van der Waals surface area (Å²) in [6.45, 7) is 4.60. The molecule has 4 aliphatic rings. The van der Waals surface area contributed by atoms with Gasteiger partial charge in [-0.3, -0.25) is 9.59 Å². The molecule has 3 fully saturated rings. The average Bonchev–Trinajstić information content (AvgIpc) is 2.98. The van der Waals surface area contributed by atoms with Gasteiger partial charge in [0.15, 0.2) is 17.2 Å². The summed E-state index contributed by atoms with van der Waals surface area (Å²) in [4.78, 5) is 33.4. The molecule has 0 aromatic heterocycles. The molecule has 0 spiro atoms. The predicted octanol–water partition coefficient (Wildman–Crippen LogP) is 2.44. The number of carboxylic acid groups (broad SMARTS) is 1. The number of Topliss-reactive ketones (excluding diaryl/α,β-unsaturated/α-hetero) is 1.